The molecule has 0 amide bonds. The number of rotatable bonds is 1. The molecule has 0 fully saturated rings. The molecule has 0 radical (unpaired) electrons. The van der Waals surface area contributed by atoms with Gasteiger partial charge in [-0.25, -0.2) is 9.77 Å². The lowest BCUT2D eigenvalue weighted by Crippen LogP contribution is -2.09. The van der Waals surface area contributed by atoms with Crippen LogP contribution in [-0.2, 0) is 0 Å². The van der Waals surface area contributed by atoms with Crippen molar-refractivity contribution in [2.75, 3.05) is 5.84 Å². The standard InChI is InChI=1S/C4H4N6S2/c5-10-3(7-8-4(10)11)2-1-6-9-12-2/h1H,5H2,(H,8,11). The molecule has 62 valence electrons. The zero-order valence-corrected chi connectivity index (χ0v) is 7.39. The van der Waals surface area contributed by atoms with E-state index in [1.807, 2.05) is 0 Å². The highest BCUT2D eigenvalue weighted by Crippen LogP contribution is 2.16. The van der Waals surface area contributed by atoms with Gasteiger partial charge in [0.05, 0.1) is 6.20 Å². The molecule has 0 unspecified atom stereocenters. The van der Waals surface area contributed by atoms with E-state index in [0.29, 0.717) is 10.6 Å². The molecule has 0 atom stereocenters. The maximum absolute atomic E-state index is 5.56. The van der Waals surface area contributed by atoms with Crippen LogP contribution >= 0.6 is 23.8 Å². The zero-order chi connectivity index (χ0) is 8.55. The molecule has 0 bridgehead atoms. The summed E-state index contributed by atoms with van der Waals surface area (Å²) in [5.41, 5.74) is 0. The van der Waals surface area contributed by atoms with E-state index < -0.39 is 0 Å². The Morgan fingerprint density at radius 2 is 2.50 bits per heavy atom. The van der Waals surface area contributed by atoms with Crippen molar-refractivity contribution in [3.05, 3.63) is 11.0 Å². The zero-order valence-electron chi connectivity index (χ0n) is 5.76. The second-order valence-electron chi connectivity index (χ2n) is 2.00. The third-order valence-electron chi connectivity index (χ3n) is 1.29. The van der Waals surface area contributed by atoms with E-state index in [0.717, 1.165) is 4.88 Å². The van der Waals surface area contributed by atoms with E-state index >= 15 is 0 Å². The van der Waals surface area contributed by atoms with Gasteiger partial charge in [0.1, 0.15) is 4.88 Å². The normalized spacial score (nSPS) is 10.3. The summed E-state index contributed by atoms with van der Waals surface area (Å²) in [7, 11) is 0. The summed E-state index contributed by atoms with van der Waals surface area (Å²) in [4.78, 5) is 0.782. The molecular formula is C4H4N6S2. The van der Waals surface area contributed by atoms with Crippen LogP contribution in [0.5, 0.6) is 0 Å². The molecule has 0 saturated carbocycles. The topological polar surface area (TPSA) is 85.4 Å². The van der Waals surface area contributed by atoms with Crippen LogP contribution in [0.15, 0.2) is 6.20 Å². The van der Waals surface area contributed by atoms with Crippen molar-refractivity contribution >= 4 is 23.8 Å². The lowest BCUT2D eigenvalue weighted by atomic mass is 10.5. The predicted octanol–water partition coefficient (Wildman–Crippen LogP) is 0.173. The van der Waals surface area contributed by atoms with E-state index in [-0.39, 0.29) is 0 Å². The van der Waals surface area contributed by atoms with Gasteiger partial charge in [0.2, 0.25) is 4.77 Å². The second kappa shape index (κ2) is 2.64. The molecule has 0 saturated heterocycles. The van der Waals surface area contributed by atoms with Crippen LogP contribution in [0.4, 0.5) is 0 Å². The van der Waals surface area contributed by atoms with Crippen molar-refractivity contribution in [3.8, 4) is 10.7 Å². The molecule has 0 aliphatic heterocycles. The highest BCUT2D eigenvalue weighted by Gasteiger charge is 2.07. The molecule has 12 heavy (non-hydrogen) atoms. The molecule has 3 N–H and O–H groups in total. The number of nitrogens with two attached hydrogens (primary N) is 1. The number of hydrogen-bond acceptors (Lipinski definition) is 6. The lowest BCUT2D eigenvalue weighted by Gasteiger charge is -1.92. The van der Waals surface area contributed by atoms with E-state index in [4.69, 9.17) is 18.1 Å². The van der Waals surface area contributed by atoms with Crippen molar-refractivity contribution in [1.29, 1.82) is 0 Å². The fourth-order valence-corrected chi connectivity index (χ4v) is 1.38. The minimum absolute atomic E-state index is 0.374. The molecule has 2 aromatic heterocycles. The maximum Gasteiger partial charge on any atom is 0.214 e. The van der Waals surface area contributed by atoms with Crippen LogP contribution in [0.3, 0.4) is 0 Å². The first kappa shape index (κ1) is 7.37. The summed E-state index contributed by atoms with van der Waals surface area (Å²) < 4.78 is 5.34. The van der Waals surface area contributed by atoms with Gasteiger partial charge in [-0.05, 0) is 23.8 Å². The summed E-state index contributed by atoms with van der Waals surface area (Å²) in [5.74, 6) is 6.11. The summed E-state index contributed by atoms with van der Waals surface area (Å²) >= 11 is 6.04. The number of hydrogen-bond donors (Lipinski definition) is 2. The second-order valence-corrected chi connectivity index (χ2v) is 3.18. The Hall–Kier alpha value is -1.28. The van der Waals surface area contributed by atoms with Gasteiger partial charge in [-0.15, -0.1) is 5.10 Å². The van der Waals surface area contributed by atoms with E-state index in [1.165, 1.54) is 16.2 Å². The lowest BCUT2D eigenvalue weighted by molar-refractivity contribution is 0.986. The van der Waals surface area contributed by atoms with Gasteiger partial charge in [0.15, 0.2) is 5.82 Å². The quantitative estimate of drug-likeness (QED) is 0.506. The van der Waals surface area contributed by atoms with Crippen LogP contribution in [0.25, 0.3) is 10.7 Å². The van der Waals surface area contributed by atoms with Gasteiger partial charge < -0.3 is 5.84 Å². The summed E-state index contributed by atoms with van der Waals surface area (Å²) in [5, 5.41) is 10.1. The van der Waals surface area contributed by atoms with Gasteiger partial charge in [-0.3, -0.25) is 0 Å². The molecule has 2 heterocycles. The molecule has 0 aliphatic rings. The number of nitrogens with zero attached hydrogens (tertiary/aromatic N) is 4. The van der Waals surface area contributed by atoms with Crippen molar-refractivity contribution in [2.45, 2.75) is 0 Å². The number of H-pyrrole nitrogens is 1. The van der Waals surface area contributed by atoms with Crippen LogP contribution in [0.1, 0.15) is 0 Å². The number of aromatic nitrogens is 5. The SMILES string of the molecule is Nn1c(-c2cnns2)n[nH]c1=S. The highest BCUT2D eigenvalue weighted by molar-refractivity contribution is 7.71. The summed E-state index contributed by atoms with van der Waals surface area (Å²) in [6, 6.07) is 0. The Kier molecular flexibility index (Phi) is 1.62. The molecular weight excluding hydrogens is 196 g/mol. The average molecular weight is 200 g/mol. The minimum Gasteiger partial charge on any atom is -0.335 e. The van der Waals surface area contributed by atoms with Crippen molar-refractivity contribution in [3.63, 3.8) is 0 Å². The van der Waals surface area contributed by atoms with E-state index in [1.54, 1.807) is 6.20 Å². The smallest absolute Gasteiger partial charge is 0.214 e. The van der Waals surface area contributed by atoms with Gasteiger partial charge >= 0.3 is 0 Å². The Morgan fingerprint density at radius 1 is 1.67 bits per heavy atom. The van der Waals surface area contributed by atoms with E-state index in [9.17, 15) is 0 Å². The molecule has 6 nitrogen and oxygen atoms in total. The monoisotopic (exact) mass is 200 g/mol. The molecule has 8 heteroatoms. The first-order valence-corrected chi connectivity index (χ1v) is 4.17. The van der Waals surface area contributed by atoms with Crippen LogP contribution < -0.4 is 5.84 Å². The third-order valence-corrected chi connectivity index (χ3v) is 2.23. The molecule has 2 aromatic rings. The Labute approximate surface area is 76.2 Å². The molecule has 2 rings (SSSR count). The maximum atomic E-state index is 5.56. The van der Waals surface area contributed by atoms with Crippen molar-refractivity contribution in [2.24, 2.45) is 0 Å². The van der Waals surface area contributed by atoms with Crippen LogP contribution in [-0.4, -0.2) is 24.5 Å². The predicted molar refractivity (Wildman–Crippen MR) is 46.5 cm³/mol. The van der Waals surface area contributed by atoms with Gasteiger partial charge in [-0.2, -0.15) is 5.10 Å². The van der Waals surface area contributed by atoms with E-state index in [2.05, 4.69) is 19.8 Å². The first-order chi connectivity index (χ1) is 5.79. The number of nitrogen functional groups attached to an aromatic ring is 1. The van der Waals surface area contributed by atoms with Gasteiger partial charge in [0, 0.05) is 0 Å². The largest absolute Gasteiger partial charge is 0.335 e. The van der Waals surface area contributed by atoms with Crippen LogP contribution in [0, 0.1) is 4.77 Å². The first-order valence-electron chi connectivity index (χ1n) is 2.99. The van der Waals surface area contributed by atoms with Gasteiger partial charge in [0.25, 0.3) is 0 Å². The summed E-state index contributed by atoms with van der Waals surface area (Å²) in [6.45, 7) is 0. The number of aromatic amines is 1. The average Bonchev–Trinajstić information content (AvgIpc) is 2.64. The highest BCUT2D eigenvalue weighted by atomic mass is 32.1. The Balaban J connectivity index is 2.62. The number of nitrogens with one attached hydrogen (secondary N) is 1. The van der Waals surface area contributed by atoms with Crippen molar-refractivity contribution < 1.29 is 0 Å². The minimum atomic E-state index is 0.374. The molecule has 0 aliphatic carbocycles. The molecule has 0 aromatic carbocycles. The fraction of sp³-hybridized carbons (Fsp3) is 0. The Bertz CT molecular complexity index is 425. The molecule has 0 spiro atoms. The fourth-order valence-electron chi connectivity index (χ4n) is 0.744. The van der Waals surface area contributed by atoms with Crippen LogP contribution in [0.2, 0.25) is 0 Å². The third kappa shape index (κ3) is 1.01. The Morgan fingerprint density at radius 3 is 3.00 bits per heavy atom. The van der Waals surface area contributed by atoms with Crippen molar-refractivity contribution in [1.82, 2.24) is 24.5 Å². The summed E-state index contributed by atoms with van der Waals surface area (Å²) in [6.07, 6.45) is 1.58. The van der Waals surface area contributed by atoms with Gasteiger partial charge in [-0.1, -0.05) is 4.49 Å².